The maximum atomic E-state index is 12.3. The average Bonchev–Trinajstić information content (AvgIpc) is 2.48. The number of rotatable bonds is 3. The molecule has 1 aromatic carbocycles. The maximum absolute atomic E-state index is 12.3. The maximum Gasteiger partial charge on any atom is 0.328 e. The van der Waals surface area contributed by atoms with E-state index >= 15 is 0 Å². The van der Waals surface area contributed by atoms with Crippen molar-refractivity contribution >= 4 is 11.9 Å². The van der Waals surface area contributed by atoms with E-state index in [2.05, 4.69) is 0 Å². The Morgan fingerprint density at radius 3 is 2.65 bits per heavy atom. The number of nitrogens with zero attached hydrogens (tertiary/aromatic N) is 1. The molecule has 1 unspecified atom stereocenters. The van der Waals surface area contributed by atoms with Gasteiger partial charge in [0.1, 0.15) is 11.8 Å². The van der Waals surface area contributed by atoms with Gasteiger partial charge in [-0.2, -0.15) is 0 Å². The van der Waals surface area contributed by atoms with Crippen molar-refractivity contribution in [3.63, 3.8) is 0 Å². The highest BCUT2D eigenvalue weighted by atomic mass is 16.5. The minimum atomic E-state index is -0.460. The van der Waals surface area contributed by atoms with Gasteiger partial charge >= 0.3 is 5.97 Å². The number of methoxy groups -OCH3 is 1. The predicted molar refractivity (Wildman–Crippen MR) is 73.2 cm³/mol. The number of carbonyl (C=O) groups excluding carboxylic acids is 2. The molecule has 5 nitrogen and oxygen atoms in total. The molecule has 1 N–H and O–H groups in total. The van der Waals surface area contributed by atoms with Crippen molar-refractivity contribution in [2.75, 3.05) is 13.7 Å². The summed E-state index contributed by atoms with van der Waals surface area (Å²) >= 11 is 0. The SMILES string of the molecule is COC(=O)C1CCCCN1C(=O)Cc1ccc(O)cc1. The van der Waals surface area contributed by atoms with E-state index in [1.807, 2.05) is 0 Å². The van der Waals surface area contributed by atoms with E-state index in [0.29, 0.717) is 13.0 Å². The molecule has 0 aromatic heterocycles. The van der Waals surface area contributed by atoms with E-state index in [1.54, 1.807) is 29.2 Å². The molecule has 20 heavy (non-hydrogen) atoms. The summed E-state index contributed by atoms with van der Waals surface area (Å²) in [6, 6.07) is 6.07. The number of piperidine rings is 1. The minimum absolute atomic E-state index is 0.0780. The first-order valence-corrected chi connectivity index (χ1v) is 6.77. The number of amides is 1. The van der Waals surface area contributed by atoms with Gasteiger partial charge in [0.15, 0.2) is 0 Å². The van der Waals surface area contributed by atoms with Crippen LogP contribution < -0.4 is 0 Å². The van der Waals surface area contributed by atoms with Crippen molar-refractivity contribution in [3.05, 3.63) is 29.8 Å². The van der Waals surface area contributed by atoms with Gasteiger partial charge in [-0.15, -0.1) is 0 Å². The van der Waals surface area contributed by atoms with Gasteiger partial charge in [-0.1, -0.05) is 12.1 Å². The summed E-state index contributed by atoms with van der Waals surface area (Å²) in [7, 11) is 1.35. The summed E-state index contributed by atoms with van der Waals surface area (Å²) in [5, 5.41) is 9.23. The van der Waals surface area contributed by atoms with Crippen molar-refractivity contribution < 1.29 is 19.4 Å². The van der Waals surface area contributed by atoms with Crippen molar-refractivity contribution in [1.82, 2.24) is 4.90 Å². The Morgan fingerprint density at radius 1 is 1.30 bits per heavy atom. The molecular weight excluding hydrogens is 258 g/mol. The van der Waals surface area contributed by atoms with Crippen LogP contribution in [0.3, 0.4) is 0 Å². The Morgan fingerprint density at radius 2 is 2.00 bits per heavy atom. The van der Waals surface area contributed by atoms with Gasteiger partial charge in [-0.3, -0.25) is 4.79 Å². The zero-order chi connectivity index (χ0) is 14.5. The van der Waals surface area contributed by atoms with Gasteiger partial charge < -0.3 is 14.7 Å². The molecule has 0 saturated carbocycles. The van der Waals surface area contributed by atoms with E-state index in [4.69, 9.17) is 4.74 Å². The van der Waals surface area contributed by atoms with Gasteiger partial charge in [0.05, 0.1) is 13.5 Å². The van der Waals surface area contributed by atoms with Crippen molar-refractivity contribution in [2.24, 2.45) is 0 Å². The molecule has 1 aliphatic rings. The number of carbonyl (C=O) groups is 2. The number of aromatic hydroxyl groups is 1. The molecule has 108 valence electrons. The molecule has 1 heterocycles. The first kappa shape index (κ1) is 14.4. The van der Waals surface area contributed by atoms with Crippen LogP contribution in [0.1, 0.15) is 24.8 Å². The van der Waals surface area contributed by atoms with E-state index in [1.165, 1.54) is 7.11 Å². The molecule has 1 atom stereocenters. The second-order valence-corrected chi connectivity index (χ2v) is 4.97. The second-order valence-electron chi connectivity index (χ2n) is 4.97. The molecule has 0 spiro atoms. The van der Waals surface area contributed by atoms with Crippen LogP contribution in [0.5, 0.6) is 5.75 Å². The molecule has 1 fully saturated rings. The standard InChI is InChI=1S/C15H19NO4/c1-20-15(19)13-4-2-3-9-16(13)14(18)10-11-5-7-12(17)8-6-11/h5-8,13,17H,2-4,9-10H2,1H3. The highest BCUT2D eigenvalue weighted by Gasteiger charge is 2.32. The third-order valence-corrected chi connectivity index (χ3v) is 3.59. The molecule has 0 aliphatic carbocycles. The molecule has 5 heteroatoms. The Labute approximate surface area is 118 Å². The van der Waals surface area contributed by atoms with Crippen LogP contribution in [0.15, 0.2) is 24.3 Å². The minimum Gasteiger partial charge on any atom is -0.508 e. The molecule has 1 saturated heterocycles. The third-order valence-electron chi connectivity index (χ3n) is 3.59. The Bertz CT molecular complexity index is 483. The summed E-state index contributed by atoms with van der Waals surface area (Å²) in [5.74, 6) is -0.249. The number of phenols is 1. The van der Waals surface area contributed by atoms with Gasteiger partial charge in [0.2, 0.25) is 5.91 Å². The topological polar surface area (TPSA) is 66.8 Å². The summed E-state index contributed by atoms with van der Waals surface area (Å²) < 4.78 is 4.77. The molecule has 1 aromatic rings. The van der Waals surface area contributed by atoms with E-state index < -0.39 is 6.04 Å². The molecular formula is C15H19NO4. The van der Waals surface area contributed by atoms with Crippen molar-refractivity contribution in [3.8, 4) is 5.75 Å². The molecule has 1 aliphatic heterocycles. The van der Waals surface area contributed by atoms with Crippen molar-refractivity contribution in [1.29, 1.82) is 0 Å². The Kier molecular flexibility index (Phi) is 4.61. The van der Waals surface area contributed by atoms with Crippen LogP contribution in [0.4, 0.5) is 0 Å². The summed E-state index contributed by atoms with van der Waals surface area (Å²) in [5.41, 5.74) is 0.821. The lowest BCUT2D eigenvalue weighted by atomic mass is 10.0. The van der Waals surface area contributed by atoms with Gasteiger partial charge in [-0.05, 0) is 37.0 Å². The van der Waals surface area contributed by atoms with Crippen LogP contribution in [-0.4, -0.2) is 41.6 Å². The molecule has 0 radical (unpaired) electrons. The Balaban J connectivity index is 2.05. The van der Waals surface area contributed by atoms with Crippen molar-refractivity contribution in [2.45, 2.75) is 31.7 Å². The molecule has 1 amide bonds. The summed E-state index contributed by atoms with van der Waals surface area (Å²) in [6.45, 7) is 0.594. The van der Waals surface area contributed by atoms with Crippen LogP contribution in [0.25, 0.3) is 0 Å². The summed E-state index contributed by atoms with van der Waals surface area (Å²) in [4.78, 5) is 25.7. The van der Waals surface area contributed by atoms with Crippen LogP contribution in [0.2, 0.25) is 0 Å². The number of hydrogen-bond donors (Lipinski definition) is 1. The van der Waals surface area contributed by atoms with Gasteiger partial charge in [0.25, 0.3) is 0 Å². The fourth-order valence-corrected chi connectivity index (χ4v) is 2.50. The number of hydrogen-bond acceptors (Lipinski definition) is 4. The normalized spacial score (nSPS) is 18.6. The van der Waals surface area contributed by atoms with Crippen LogP contribution >= 0.6 is 0 Å². The molecule has 2 rings (SSSR count). The predicted octanol–water partition coefficient (Wildman–Crippen LogP) is 1.49. The third kappa shape index (κ3) is 3.29. The largest absolute Gasteiger partial charge is 0.508 e. The van der Waals surface area contributed by atoms with E-state index in [-0.39, 0.29) is 24.0 Å². The first-order chi connectivity index (χ1) is 9.61. The van der Waals surface area contributed by atoms with E-state index in [9.17, 15) is 14.7 Å². The number of ether oxygens (including phenoxy) is 1. The lowest BCUT2D eigenvalue weighted by Crippen LogP contribution is -2.49. The highest BCUT2D eigenvalue weighted by Crippen LogP contribution is 2.20. The van der Waals surface area contributed by atoms with Gasteiger partial charge in [-0.25, -0.2) is 4.79 Å². The number of phenolic OH excluding ortho intramolecular Hbond substituents is 1. The quantitative estimate of drug-likeness (QED) is 0.850. The van der Waals surface area contributed by atoms with Gasteiger partial charge in [0, 0.05) is 6.54 Å². The average molecular weight is 277 g/mol. The number of likely N-dealkylation sites (tertiary alicyclic amines) is 1. The zero-order valence-electron chi connectivity index (χ0n) is 11.5. The number of benzene rings is 1. The smallest absolute Gasteiger partial charge is 0.328 e. The Hall–Kier alpha value is -2.04. The van der Waals surface area contributed by atoms with Crippen LogP contribution in [0, 0.1) is 0 Å². The van der Waals surface area contributed by atoms with E-state index in [0.717, 1.165) is 18.4 Å². The monoisotopic (exact) mass is 277 g/mol. The number of esters is 1. The zero-order valence-corrected chi connectivity index (χ0v) is 11.5. The fraction of sp³-hybridized carbons (Fsp3) is 0.467. The van der Waals surface area contributed by atoms with Crippen LogP contribution in [-0.2, 0) is 20.7 Å². The molecule has 0 bridgehead atoms. The lowest BCUT2D eigenvalue weighted by Gasteiger charge is -2.33. The highest BCUT2D eigenvalue weighted by molar-refractivity contribution is 5.86. The summed E-state index contributed by atoms with van der Waals surface area (Å²) in [6.07, 6.45) is 2.74. The first-order valence-electron chi connectivity index (χ1n) is 6.77. The lowest BCUT2D eigenvalue weighted by molar-refractivity contribution is -0.154. The fourth-order valence-electron chi connectivity index (χ4n) is 2.50. The second kappa shape index (κ2) is 6.41.